The van der Waals surface area contributed by atoms with Crippen LogP contribution in [0.1, 0.15) is 25.6 Å². The van der Waals surface area contributed by atoms with E-state index in [9.17, 15) is 9.90 Å². The minimum Gasteiger partial charge on any atom is -0.467 e. The predicted octanol–water partition coefficient (Wildman–Crippen LogP) is 1.38. The molecule has 0 bridgehead atoms. The van der Waals surface area contributed by atoms with Gasteiger partial charge in [0.25, 0.3) is 0 Å². The number of furan rings is 1. The van der Waals surface area contributed by atoms with Gasteiger partial charge in [0.1, 0.15) is 11.8 Å². The second-order valence-corrected chi connectivity index (χ2v) is 5.14. The Morgan fingerprint density at radius 3 is 2.79 bits per heavy atom. The summed E-state index contributed by atoms with van der Waals surface area (Å²) in [6.07, 6.45) is 1.55. The highest BCUT2D eigenvalue weighted by Crippen LogP contribution is 2.14. The zero-order valence-electron chi connectivity index (χ0n) is 11.8. The zero-order chi connectivity index (χ0) is 14.5. The van der Waals surface area contributed by atoms with Crippen LogP contribution in [0.25, 0.3) is 0 Å². The largest absolute Gasteiger partial charge is 0.467 e. The maximum absolute atomic E-state index is 12.0. The number of likely N-dealkylation sites (N-methyl/N-ethyl adjacent to an activating group) is 1. The van der Waals surface area contributed by atoms with Crippen molar-refractivity contribution in [1.82, 2.24) is 10.2 Å². The third-order valence-electron chi connectivity index (χ3n) is 2.49. The standard InChI is InChI=1S/C13H22N2O4/c1-13(2,17)9-15(3)12(16)14-10(8-18-4)11-6-5-7-19-11/h5-7,10,17H,8-9H2,1-4H3,(H,14,16). The number of nitrogens with zero attached hydrogens (tertiary/aromatic N) is 1. The molecule has 108 valence electrons. The molecule has 1 aromatic rings. The van der Waals surface area contributed by atoms with Crippen LogP contribution in [0.5, 0.6) is 0 Å². The first kappa shape index (κ1) is 15.5. The fraction of sp³-hybridized carbons (Fsp3) is 0.615. The summed E-state index contributed by atoms with van der Waals surface area (Å²) in [7, 11) is 3.18. The van der Waals surface area contributed by atoms with E-state index >= 15 is 0 Å². The van der Waals surface area contributed by atoms with Gasteiger partial charge in [-0.25, -0.2) is 4.79 Å². The summed E-state index contributed by atoms with van der Waals surface area (Å²) in [6.45, 7) is 3.85. The summed E-state index contributed by atoms with van der Waals surface area (Å²) in [5, 5.41) is 12.5. The second-order valence-electron chi connectivity index (χ2n) is 5.14. The van der Waals surface area contributed by atoms with Crippen LogP contribution >= 0.6 is 0 Å². The molecule has 2 N–H and O–H groups in total. The molecule has 0 fully saturated rings. The van der Waals surface area contributed by atoms with Gasteiger partial charge in [-0.05, 0) is 26.0 Å². The Morgan fingerprint density at radius 1 is 1.63 bits per heavy atom. The molecule has 1 rings (SSSR count). The van der Waals surface area contributed by atoms with Gasteiger partial charge in [-0.2, -0.15) is 0 Å². The molecular weight excluding hydrogens is 248 g/mol. The lowest BCUT2D eigenvalue weighted by atomic mass is 10.1. The van der Waals surface area contributed by atoms with Crippen LogP contribution < -0.4 is 5.32 Å². The summed E-state index contributed by atoms with van der Waals surface area (Å²) in [4.78, 5) is 13.4. The Balaban J connectivity index is 2.62. The van der Waals surface area contributed by atoms with Crippen molar-refractivity contribution in [2.45, 2.75) is 25.5 Å². The van der Waals surface area contributed by atoms with Gasteiger partial charge < -0.3 is 24.5 Å². The quantitative estimate of drug-likeness (QED) is 0.819. The van der Waals surface area contributed by atoms with Crippen LogP contribution in [0.2, 0.25) is 0 Å². The molecule has 1 aromatic heterocycles. The van der Waals surface area contributed by atoms with E-state index in [1.807, 2.05) is 0 Å². The molecule has 1 unspecified atom stereocenters. The van der Waals surface area contributed by atoms with Crippen molar-refractivity contribution in [1.29, 1.82) is 0 Å². The zero-order valence-corrected chi connectivity index (χ0v) is 11.8. The molecule has 0 aliphatic heterocycles. The van der Waals surface area contributed by atoms with E-state index in [4.69, 9.17) is 9.15 Å². The van der Waals surface area contributed by atoms with Crippen molar-refractivity contribution in [3.63, 3.8) is 0 Å². The van der Waals surface area contributed by atoms with Gasteiger partial charge in [0.2, 0.25) is 0 Å². The average molecular weight is 270 g/mol. The molecule has 6 nitrogen and oxygen atoms in total. The topological polar surface area (TPSA) is 74.9 Å². The fourth-order valence-corrected chi connectivity index (χ4v) is 1.76. The van der Waals surface area contributed by atoms with Gasteiger partial charge in [0, 0.05) is 14.2 Å². The Bertz CT molecular complexity index is 384. The molecule has 0 aromatic carbocycles. The molecule has 0 saturated heterocycles. The lowest BCUT2D eigenvalue weighted by molar-refractivity contribution is 0.0518. The molecule has 0 aliphatic rings. The highest BCUT2D eigenvalue weighted by atomic mass is 16.5. The number of carbonyl (C=O) groups excluding carboxylic acids is 1. The molecule has 0 spiro atoms. The lowest BCUT2D eigenvalue weighted by Crippen LogP contribution is -2.46. The maximum Gasteiger partial charge on any atom is 0.317 e. The van der Waals surface area contributed by atoms with Gasteiger partial charge in [-0.15, -0.1) is 0 Å². The normalized spacial score (nSPS) is 13.1. The Morgan fingerprint density at radius 2 is 2.32 bits per heavy atom. The number of rotatable bonds is 6. The number of hydrogen-bond acceptors (Lipinski definition) is 4. The molecule has 1 heterocycles. The van der Waals surface area contributed by atoms with Crippen LogP contribution in [0.4, 0.5) is 4.79 Å². The summed E-state index contributed by atoms with van der Waals surface area (Å²) in [5.74, 6) is 0.631. The van der Waals surface area contributed by atoms with Gasteiger partial charge in [0.05, 0.1) is 25.0 Å². The van der Waals surface area contributed by atoms with Crippen molar-refractivity contribution < 1.29 is 19.1 Å². The van der Waals surface area contributed by atoms with E-state index in [1.54, 1.807) is 46.4 Å². The Labute approximate surface area is 113 Å². The van der Waals surface area contributed by atoms with E-state index in [-0.39, 0.29) is 18.6 Å². The first-order valence-electron chi connectivity index (χ1n) is 6.10. The average Bonchev–Trinajstić information content (AvgIpc) is 2.79. The monoisotopic (exact) mass is 270 g/mol. The van der Waals surface area contributed by atoms with Gasteiger partial charge in [0.15, 0.2) is 0 Å². The van der Waals surface area contributed by atoms with Gasteiger partial charge in [-0.1, -0.05) is 0 Å². The first-order valence-corrected chi connectivity index (χ1v) is 6.10. The fourth-order valence-electron chi connectivity index (χ4n) is 1.76. The van der Waals surface area contributed by atoms with Crippen molar-refractivity contribution >= 4 is 6.03 Å². The number of nitrogens with one attached hydrogen (secondary N) is 1. The van der Waals surface area contributed by atoms with E-state index in [0.29, 0.717) is 12.4 Å². The van der Waals surface area contributed by atoms with Crippen molar-refractivity contribution in [3.8, 4) is 0 Å². The lowest BCUT2D eigenvalue weighted by Gasteiger charge is -2.27. The Hall–Kier alpha value is -1.53. The number of urea groups is 1. The summed E-state index contributed by atoms with van der Waals surface area (Å²) < 4.78 is 10.3. The molecule has 6 heteroatoms. The van der Waals surface area contributed by atoms with Crippen molar-refractivity contribution in [3.05, 3.63) is 24.2 Å². The molecule has 1 atom stereocenters. The van der Waals surface area contributed by atoms with Crippen LogP contribution in [0, 0.1) is 0 Å². The van der Waals surface area contributed by atoms with E-state index in [1.165, 1.54) is 4.90 Å². The number of methoxy groups -OCH3 is 1. The van der Waals surface area contributed by atoms with Gasteiger partial charge >= 0.3 is 6.03 Å². The highest BCUT2D eigenvalue weighted by molar-refractivity contribution is 5.74. The van der Waals surface area contributed by atoms with Crippen molar-refractivity contribution in [2.75, 3.05) is 27.3 Å². The smallest absolute Gasteiger partial charge is 0.317 e. The number of carbonyl (C=O) groups is 1. The molecule has 0 aliphatic carbocycles. The van der Waals surface area contributed by atoms with Crippen LogP contribution in [-0.4, -0.2) is 48.9 Å². The SMILES string of the molecule is COCC(NC(=O)N(C)CC(C)(C)O)c1ccco1. The molecule has 0 radical (unpaired) electrons. The summed E-state index contributed by atoms with van der Waals surface area (Å²) in [5.41, 5.74) is -0.937. The molecule has 19 heavy (non-hydrogen) atoms. The van der Waals surface area contributed by atoms with E-state index in [2.05, 4.69) is 5.32 Å². The molecular formula is C13H22N2O4. The Kier molecular flexibility index (Phi) is 5.38. The minimum atomic E-state index is -0.937. The van der Waals surface area contributed by atoms with Gasteiger partial charge in [-0.3, -0.25) is 0 Å². The third kappa shape index (κ3) is 5.32. The number of amides is 2. The molecule has 2 amide bonds. The van der Waals surface area contributed by atoms with E-state index < -0.39 is 5.60 Å². The van der Waals surface area contributed by atoms with Crippen LogP contribution in [0.3, 0.4) is 0 Å². The summed E-state index contributed by atoms with van der Waals surface area (Å²) >= 11 is 0. The van der Waals surface area contributed by atoms with Crippen molar-refractivity contribution in [2.24, 2.45) is 0 Å². The minimum absolute atomic E-state index is 0.233. The maximum atomic E-state index is 12.0. The predicted molar refractivity (Wildman–Crippen MR) is 70.8 cm³/mol. The number of ether oxygens (including phenoxy) is 1. The molecule has 0 saturated carbocycles. The highest BCUT2D eigenvalue weighted by Gasteiger charge is 2.23. The van der Waals surface area contributed by atoms with Crippen LogP contribution in [0.15, 0.2) is 22.8 Å². The van der Waals surface area contributed by atoms with E-state index in [0.717, 1.165) is 0 Å². The van der Waals surface area contributed by atoms with Crippen LogP contribution in [-0.2, 0) is 4.74 Å². The summed E-state index contributed by atoms with van der Waals surface area (Å²) in [6, 6.07) is 2.89. The number of hydrogen-bond donors (Lipinski definition) is 2. The second kappa shape index (κ2) is 6.58. The first-order chi connectivity index (χ1) is 8.83. The number of aliphatic hydroxyl groups is 1. The third-order valence-corrected chi connectivity index (χ3v) is 2.49.